The van der Waals surface area contributed by atoms with Crippen LogP contribution in [0.3, 0.4) is 0 Å². The van der Waals surface area contributed by atoms with Gasteiger partial charge in [0.1, 0.15) is 16.7 Å². The van der Waals surface area contributed by atoms with Gasteiger partial charge >= 0.3 is 5.97 Å². The van der Waals surface area contributed by atoms with Crippen LogP contribution in [0, 0.1) is 6.92 Å². The van der Waals surface area contributed by atoms with Crippen LogP contribution < -0.4 is 5.32 Å². The summed E-state index contributed by atoms with van der Waals surface area (Å²) in [5.41, 5.74) is 0.558. The van der Waals surface area contributed by atoms with Crippen LogP contribution in [0.4, 0.5) is 0 Å². The number of nitrogens with one attached hydrogen (secondary N) is 1. The van der Waals surface area contributed by atoms with Gasteiger partial charge in [-0.25, -0.2) is 4.98 Å². The van der Waals surface area contributed by atoms with Crippen molar-refractivity contribution in [3.63, 3.8) is 0 Å². The average molecular weight is 270 g/mol. The van der Waals surface area contributed by atoms with E-state index in [9.17, 15) is 4.79 Å². The summed E-state index contributed by atoms with van der Waals surface area (Å²) in [4.78, 5) is 16.2. The molecule has 2 unspecified atom stereocenters. The number of rotatable bonds is 4. The second-order valence-corrected chi connectivity index (χ2v) is 6.36. The van der Waals surface area contributed by atoms with Crippen molar-refractivity contribution >= 4 is 17.3 Å². The summed E-state index contributed by atoms with van der Waals surface area (Å²) < 4.78 is 5.32. The molecule has 1 aromatic heterocycles. The first-order valence-electron chi connectivity index (χ1n) is 6.10. The van der Waals surface area contributed by atoms with Crippen molar-refractivity contribution < 1.29 is 9.53 Å². The summed E-state index contributed by atoms with van der Waals surface area (Å²) in [6, 6.07) is -0.297. The number of ether oxygens (including phenoxy) is 1. The maximum atomic E-state index is 11.8. The summed E-state index contributed by atoms with van der Waals surface area (Å²) >= 11 is 1.60. The predicted molar refractivity (Wildman–Crippen MR) is 73.7 cm³/mol. The molecule has 1 rings (SSSR count). The predicted octanol–water partition coefficient (Wildman–Crippen LogP) is 2.83. The number of hydrogen-bond donors (Lipinski definition) is 1. The van der Waals surface area contributed by atoms with Crippen LogP contribution in [-0.2, 0) is 9.53 Å². The fourth-order valence-corrected chi connectivity index (χ4v) is 2.29. The summed E-state index contributed by atoms with van der Waals surface area (Å²) in [5.74, 6) is -0.234. The molecule has 4 nitrogen and oxygen atoms in total. The second-order valence-electron chi connectivity index (χ2n) is 5.47. The highest BCUT2D eigenvalue weighted by molar-refractivity contribution is 7.09. The van der Waals surface area contributed by atoms with E-state index in [0.717, 1.165) is 10.7 Å². The number of aryl methyl sites for hydroxylation is 1. The summed E-state index contributed by atoms with van der Waals surface area (Å²) in [7, 11) is 0. The Bertz CT molecular complexity index is 409. The molecule has 18 heavy (non-hydrogen) atoms. The Kier molecular flexibility index (Phi) is 4.87. The minimum atomic E-state index is -0.450. The Balaban J connectivity index is 2.54. The van der Waals surface area contributed by atoms with Gasteiger partial charge in [0.25, 0.3) is 0 Å². The van der Waals surface area contributed by atoms with Gasteiger partial charge < -0.3 is 4.74 Å². The maximum Gasteiger partial charge on any atom is 0.323 e. The van der Waals surface area contributed by atoms with E-state index < -0.39 is 5.60 Å². The van der Waals surface area contributed by atoms with Crippen molar-refractivity contribution in [2.24, 2.45) is 0 Å². The van der Waals surface area contributed by atoms with Crippen molar-refractivity contribution in [3.8, 4) is 0 Å². The molecule has 0 spiro atoms. The van der Waals surface area contributed by atoms with Crippen LogP contribution in [0.2, 0.25) is 0 Å². The van der Waals surface area contributed by atoms with Crippen LogP contribution in [0.15, 0.2) is 5.38 Å². The fraction of sp³-hybridized carbons (Fsp3) is 0.692. The number of hydrogen-bond acceptors (Lipinski definition) is 5. The third-order valence-electron chi connectivity index (χ3n) is 2.27. The quantitative estimate of drug-likeness (QED) is 0.855. The smallest absolute Gasteiger partial charge is 0.323 e. The number of nitrogens with zero attached hydrogens (tertiary/aromatic N) is 1. The Morgan fingerprint density at radius 1 is 1.44 bits per heavy atom. The molecule has 1 aromatic rings. The first-order chi connectivity index (χ1) is 8.19. The molecule has 102 valence electrons. The molecule has 2 atom stereocenters. The summed E-state index contributed by atoms with van der Waals surface area (Å²) in [5, 5.41) is 6.20. The van der Waals surface area contributed by atoms with Gasteiger partial charge in [-0.2, -0.15) is 0 Å². The molecule has 0 amide bonds. The lowest BCUT2D eigenvalue weighted by molar-refractivity contribution is -0.157. The van der Waals surface area contributed by atoms with Gasteiger partial charge in [0.2, 0.25) is 0 Å². The standard InChI is InChI=1S/C13H22N2O2S/c1-8-7-18-11(14-8)9(2)15-10(3)12(16)17-13(4,5)6/h7,9-10,15H,1-6H3. The van der Waals surface area contributed by atoms with E-state index in [1.807, 2.05) is 46.9 Å². The average Bonchev–Trinajstić information content (AvgIpc) is 2.62. The number of carbonyl (C=O) groups excluding carboxylic acids is 1. The Hall–Kier alpha value is -0.940. The van der Waals surface area contributed by atoms with Crippen molar-refractivity contribution in [2.75, 3.05) is 0 Å². The van der Waals surface area contributed by atoms with Gasteiger partial charge in [-0.3, -0.25) is 10.1 Å². The van der Waals surface area contributed by atoms with E-state index in [1.165, 1.54) is 0 Å². The normalized spacial score (nSPS) is 15.2. The molecule has 0 saturated carbocycles. The molecule has 0 saturated heterocycles. The number of aromatic nitrogens is 1. The minimum Gasteiger partial charge on any atom is -0.459 e. The lowest BCUT2D eigenvalue weighted by atomic mass is 10.2. The topological polar surface area (TPSA) is 51.2 Å². The van der Waals surface area contributed by atoms with Crippen molar-refractivity contribution in [2.45, 2.75) is 59.2 Å². The molecule has 0 aliphatic carbocycles. The Morgan fingerprint density at radius 3 is 2.50 bits per heavy atom. The zero-order chi connectivity index (χ0) is 13.9. The molecule has 1 heterocycles. The molecular formula is C13H22N2O2S. The number of thiazole rings is 1. The zero-order valence-electron chi connectivity index (χ0n) is 11.9. The molecular weight excluding hydrogens is 248 g/mol. The van der Waals surface area contributed by atoms with E-state index in [-0.39, 0.29) is 18.1 Å². The highest BCUT2D eigenvalue weighted by atomic mass is 32.1. The van der Waals surface area contributed by atoms with Crippen molar-refractivity contribution in [1.82, 2.24) is 10.3 Å². The van der Waals surface area contributed by atoms with Gasteiger partial charge in [-0.15, -0.1) is 11.3 Å². The van der Waals surface area contributed by atoms with Gasteiger partial charge in [0.05, 0.1) is 6.04 Å². The van der Waals surface area contributed by atoms with Crippen LogP contribution in [0.25, 0.3) is 0 Å². The molecule has 0 bridgehead atoms. The monoisotopic (exact) mass is 270 g/mol. The van der Waals surface area contributed by atoms with E-state index in [1.54, 1.807) is 11.3 Å². The second kappa shape index (κ2) is 5.80. The minimum absolute atomic E-state index is 0.0474. The molecule has 0 radical (unpaired) electrons. The van der Waals surface area contributed by atoms with Gasteiger partial charge in [-0.1, -0.05) is 0 Å². The lowest BCUT2D eigenvalue weighted by Gasteiger charge is -2.24. The first-order valence-corrected chi connectivity index (χ1v) is 6.98. The maximum absolute atomic E-state index is 11.8. The highest BCUT2D eigenvalue weighted by Gasteiger charge is 2.23. The zero-order valence-corrected chi connectivity index (χ0v) is 12.7. The summed E-state index contributed by atoms with van der Waals surface area (Å²) in [6.45, 7) is 11.4. The molecule has 0 aliphatic heterocycles. The largest absolute Gasteiger partial charge is 0.459 e. The Morgan fingerprint density at radius 2 is 2.06 bits per heavy atom. The molecule has 0 fully saturated rings. The van der Waals surface area contributed by atoms with Crippen LogP contribution >= 0.6 is 11.3 Å². The van der Waals surface area contributed by atoms with E-state index in [0.29, 0.717) is 0 Å². The molecule has 1 N–H and O–H groups in total. The van der Waals surface area contributed by atoms with Gasteiger partial charge in [0, 0.05) is 11.1 Å². The van der Waals surface area contributed by atoms with Crippen molar-refractivity contribution in [1.29, 1.82) is 0 Å². The van der Waals surface area contributed by atoms with E-state index in [2.05, 4.69) is 10.3 Å². The fourth-order valence-electron chi connectivity index (χ4n) is 1.48. The third kappa shape index (κ3) is 4.74. The SMILES string of the molecule is Cc1csc(C(C)NC(C)C(=O)OC(C)(C)C)n1. The highest BCUT2D eigenvalue weighted by Crippen LogP contribution is 2.18. The number of esters is 1. The van der Waals surface area contributed by atoms with Crippen LogP contribution in [-0.4, -0.2) is 22.6 Å². The van der Waals surface area contributed by atoms with E-state index >= 15 is 0 Å². The molecule has 0 aliphatic rings. The lowest BCUT2D eigenvalue weighted by Crippen LogP contribution is -2.40. The van der Waals surface area contributed by atoms with Crippen LogP contribution in [0.5, 0.6) is 0 Å². The van der Waals surface area contributed by atoms with Crippen molar-refractivity contribution in [3.05, 3.63) is 16.1 Å². The molecule has 5 heteroatoms. The van der Waals surface area contributed by atoms with E-state index in [4.69, 9.17) is 4.74 Å². The Labute approximate surface area is 113 Å². The third-order valence-corrected chi connectivity index (χ3v) is 3.41. The van der Waals surface area contributed by atoms with Crippen LogP contribution in [0.1, 0.15) is 51.4 Å². The number of carbonyl (C=O) groups is 1. The summed E-state index contributed by atoms with van der Waals surface area (Å²) in [6.07, 6.45) is 0. The van der Waals surface area contributed by atoms with Gasteiger partial charge in [0.15, 0.2) is 0 Å². The first kappa shape index (κ1) is 15.1. The van der Waals surface area contributed by atoms with Gasteiger partial charge in [-0.05, 0) is 41.5 Å². The molecule has 0 aromatic carbocycles.